The summed E-state index contributed by atoms with van der Waals surface area (Å²) in [5.74, 6) is 0. The first-order chi connectivity index (χ1) is 30.2. The highest BCUT2D eigenvalue weighted by Gasteiger charge is 2.25. The van der Waals surface area contributed by atoms with Crippen LogP contribution in [0.2, 0.25) is 0 Å². The molecule has 1 aliphatic carbocycles. The molecule has 10 rings (SSSR count). The number of allylic oxidation sites excluding steroid dienone is 4. The van der Waals surface area contributed by atoms with E-state index in [1.54, 1.807) is 0 Å². The molecule has 0 saturated heterocycles. The molecule has 2 heteroatoms. The topological polar surface area (TPSA) is 8.17 Å². The number of fused-ring (bicyclic) bond motifs is 3. The molecule has 0 spiro atoms. The number of anilines is 3. The van der Waals surface area contributed by atoms with Crippen molar-refractivity contribution < 1.29 is 0 Å². The van der Waals surface area contributed by atoms with Gasteiger partial charge in [-0.1, -0.05) is 177 Å². The smallest absolute Gasteiger partial charge is 0.0538 e. The average Bonchev–Trinajstić information content (AvgIpc) is 3.43. The largest absolute Gasteiger partial charge is 0.313 e. The molecule has 0 unspecified atom stereocenters. The lowest BCUT2D eigenvalue weighted by Gasteiger charge is -2.27. The van der Waals surface area contributed by atoms with Crippen LogP contribution < -0.4 is 4.90 Å². The van der Waals surface area contributed by atoms with Crippen LogP contribution in [-0.2, 0) is 6.42 Å². The van der Waals surface area contributed by atoms with E-state index in [0.717, 1.165) is 46.8 Å². The van der Waals surface area contributed by atoms with Crippen LogP contribution in [0.3, 0.4) is 0 Å². The van der Waals surface area contributed by atoms with Gasteiger partial charge in [0.05, 0.1) is 5.69 Å². The van der Waals surface area contributed by atoms with Crippen LogP contribution in [0, 0.1) is 0 Å². The summed E-state index contributed by atoms with van der Waals surface area (Å²) in [6.07, 6.45) is 15.0. The Bertz CT molecular complexity index is 3130. The molecule has 0 amide bonds. The van der Waals surface area contributed by atoms with Gasteiger partial charge < -0.3 is 9.47 Å². The lowest BCUT2D eigenvalue weighted by Crippen LogP contribution is -2.10. The molecule has 0 bridgehead atoms. The zero-order valence-corrected chi connectivity index (χ0v) is 34.4. The predicted molar refractivity (Wildman–Crippen MR) is 262 cm³/mol. The summed E-state index contributed by atoms with van der Waals surface area (Å²) in [7, 11) is 0. The SMILES string of the molecule is C=Cc1c(/C(=C\CC)c2cccc(N(c3ccc(-c4ccc5ccccc5c4)cc3)c3ccc(-c4cccc5ccccc45)cc3)c2)c2c(n1-c1ccccc1)CC=CC=C2. The van der Waals surface area contributed by atoms with E-state index < -0.39 is 0 Å². The molecule has 61 heavy (non-hydrogen) atoms. The van der Waals surface area contributed by atoms with Gasteiger partial charge in [-0.3, -0.25) is 0 Å². The van der Waals surface area contributed by atoms with Crippen LogP contribution in [0.5, 0.6) is 0 Å². The first-order valence-electron chi connectivity index (χ1n) is 21.3. The maximum Gasteiger partial charge on any atom is 0.0538 e. The summed E-state index contributed by atoms with van der Waals surface area (Å²) < 4.78 is 2.39. The minimum atomic E-state index is 0.829. The van der Waals surface area contributed by atoms with Gasteiger partial charge in [0.2, 0.25) is 0 Å². The second kappa shape index (κ2) is 16.5. The van der Waals surface area contributed by atoms with Crippen molar-refractivity contribution in [2.24, 2.45) is 0 Å². The van der Waals surface area contributed by atoms with E-state index in [4.69, 9.17) is 0 Å². The quantitative estimate of drug-likeness (QED) is 0.134. The molecule has 0 saturated carbocycles. The molecule has 1 aromatic heterocycles. The maximum absolute atomic E-state index is 4.40. The Labute approximate surface area is 359 Å². The van der Waals surface area contributed by atoms with Gasteiger partial charge >= 0.3 is 0 Å². The molecule has 0 fully saturated rings. The maximum atomic E-state index is 4.40. The molecule has 8 aromatic carbocycles. The summed E-state index contributed by atoms with van der Waals surface area (Å²) in [5, 5.41) is 4.99. The van der Waals surface area contributed by atoms with Crippen molar-refractivity contribution in [2.75, 3.05) is 4.90 Å². The second-order valence-electron chi connectivity index (χ2n) is 15.6. The van der Waals surface area contributed by atoms with Gasteiger partial charge in [0.15, 0.2) is 0 Å². The standard InChI is InChI=1S/C59H46N2/c1-3-17-55(59-56-27-9-6-10-29-58(56)61(57(59)4-2)49-23-7-5-8-24-49)48-22-15-25-52(41-48)60(50-36-32-43(33-37-50)47-31-30-42-18-11-12-20-46(42)40-47)51-38-34-45(35-39-51)54-28-16-21-44-19-13-14-26-53(44)54/h4-28,30-41H,2-3,29H2,1H3/b55-17-. The lowest BCUT2D eigenvalue weighted by molar-refractivity contribution is 0.962. The van der Waals surface area contributed by atoms with Crippen LogP contribution in [0.4, 0.5) is 17.1 Å². The number of rotatable bonds is 10. The molecule has 1 aliphatic rings. The third kappa shape index (κ3) is 7.13. The van der Waals surface area contributed by atoms with E-state index >= 15 is 0 Å². The van der Waals surface area contributed by atoms with E-state index in [1.807, 2.05) is 6.08 Å². The highest BCUT2D eigenvalue weighted by atomic mass is 15.1. The molecular weight excluding hydrogens is 737 g/mol. The number of hydrogen-bond acceptors (Lipinski definition) is 1. The van der Waals surface area contributed by atoms with Gasteiger partial charge in [-0.25, -0.2) is 0 Å². The van der Waals surface area contributed by atoms with Crippen LogP contribution in [0.1, 0.15) is 41.4 Å². The van der Waals surface area contributed by atoms with Crippen molar-refractivity contribution in [2.45, 2.75) is 19.8 Å². The number of aromatic nitrogens is 1. The third-order valence-electron chi connectivity index (χ3n) is 11.9. The first kappa shape index (κ1) is 37.6. The molecule has 0 radical (unpaired) electrons. The Morgan fingerprint density at radius 3 is 2.03 bits per heavy atom. The zero-order chi connectivity index (χ0) is 41.1. The summed E-state index contributed by atoms with van der Waals surface area (Å²) >= 11 is 0. The van der Waals surface area contributed by atoms with Crippen molar-refractivity contribution >= 4 is 56.3 Å². The van der Waals surface area contributed by atoms with E-state index in [0.29, 0.717) is 0 Å². The van der Waals surface area contributed by atoms with Crippen molar-refractivity contribution in [3.8, 4) is 27.9 Å². The fourth-order valence-corrected chi connectivity index (χ4v) is 9.07. The van der Waals surface area contributed by atoms with Crippen LogP contribution in [-0.4, -0.2) is 4.57 Å². The molecule has 9 aromatic rings. The Balaban J connectivity index is 1.11. The van der Waals surface area contributed by atoms with E-state index in [2.05, 4.69) is 241 Å². The van der Waals surface area contributed by atoms with Crippen LogP contribution >= 0.6 is 0 Å². The first-order valence-corrected chi connectivity index (χ1v) is 21.3. The van der Waals surface area contributed by atoms with Crippen LogP contribution in [0.25, 0.3) is 67.2 Å². The minimum Gasteiger partial charge on any atom is -0.313 e. The fraction of sp³-hybridized carbons (Fsp3) is 0.0508. The number of para-hydroxylation sites is 1. The van der Waals surface area contributed by atoms with Crippen molar-refractivity contribution in [3.63, 3.8) is 0 Å². The highest BCUT2D eigenvalue weighted by Crippen LogP contribution is 2.42. The van der Waals surface area contributed by atoms with Crippen molar-refractivity contribution in [1.29, 1.82) is 0 Å². The molecule has 0 atom stereocenters. The second-order valence-corrected chi connectivity index (χ2v) is 15.6. The molecule has 0 N–H and O–H groups in total. The Kier molecular flexibility index (Phi) is 10.2. The summed E-state index contributed by atoms with van der Waals surface area (Å²) in [6.45, 7) is 6.62. The van der Waals surface area contributed by atoms with Crippen molar-refractivity contribution in [3.05, 3.63) is 247 Å². The van der Waals surface area contributed by atoms with E-state index in [-0.39, 0.29) is 0 Å². The predicted octanol–water partition coefficient (Wildman–Crippen LogP) is 16.2. The average molecular weight is 783 g/mol. The van der Waals surface area contributed by atoms with E-state index in [9.17, 15) is 0 Å². The monoisotopic (exact) mass is 782 g/mol. The van der Waals surface area contributed by atoms with Gasteiger partial charge in [-0.05, 0) is 122 Å². The van der Waals surface area contributed by atoms with Gasteiger partial charge in [0.25, 0.3) is 0 Å². The number of nitrogens with zero attached hydrogens (tertiary/aromatic N) is 2. The third-order valence-corrected chi connectivity index (χ3v) is 11.9. The molecule has 0 aliphatic heterocycles. The minimum absolute atomic E-state index is 0.829. The molecule has 292 valence electrons. The van der Waals surface area contributed by atoms with E-state index in [1.165, 1.54) is 66.2 Å². The Morgan fingerprint density at radius 1 is 0.590 bits per heavy atom. The van der Waals surface area contributed by atoms with Crippen molar-refractivity contribution in [1.82, 2.24) is 4.57 Å². The van der Waals surface area contributed by atoms with Crippen LogP contribution in [0.15, 0.2) is 219 Å². The summed E-state index contributed by atoms with van der Waals surface area (Å²) in [6, 6.07) is 68.2. The molecule has 1 heterocycles. The van der Waals surface area contributed by atoms with Gasteiger partial charge in [0, 0.05) is 46.0 Å². The fourth-order valence-electron chi connectivity index (χ4n) is 9.07. The summed E-state index contributed by atoms with van der Waals surface area (Å²) in [5.41, 5.74) is 16.4. The number of hydrogen-bond donors (Lipinski definition) is 0. The highest BCUT2D eigenvalue weighted by molar-refractivity contribution is 5.97. The zero-order valence-electron chi connectivity index (χ0n) is 34.4. The van der Waals surface area contributed by atoms with Gasteiger partial charge in [0.1, 0.15) is 0 Å². The Morgan fingerprint density at radius 2 is 1.26 bits per heavy atom. The summed E-state index contributed by atoms with van der Waals surface area (Å²) in [4.78, 5) is 2.39. The Hall–Kier alpha value is -7.68. The van der Waals surface area contributed by atoms with Gasteiger partial charge in [-0.2, -0.15) is 0 Å². The lowest BCUT2D eigenvalue weighted by atomic mass is 9.92. The van der Waals surface area contributed by atoms with Gasteiger partial charge in [-0.15, -0.1) is 0 Å². The number of benzene rings is 8. The normalized spacial score (nSPS) is 12.4. The molecule has 2 nitrogen and oxygen atoms in total. The molecular formula is C59H46N2.